The van der Waals surface area contributed by atoms with Crippen LogP contribution in [0.4, 0.5) is 0 Å². The zero-order chi connectivity index (χ0) is 6.69. The van der Waals surface area contributed by atoms with Crippen molar-refractivity contribution < 1.29 is 5.73 Å². The molecule has 1 aromatic heterocycles. The van der Waals surface area contributed by atoms with Crippen molar-refractivity contribution in [3.05, 3.63) is 30.1 Å². The van der Waals surface area contributed by atoms with E-state index in [1.807, 2.05) is 18.3 Å². The van der Waals surface area contributed by atoms with Gasteiger partial charge in [0.2, 0.25) is 0 Å². The highest BCUT2D eigenvalue weighted by Gasteiger charge is 1.98. The minimum atomic E-state index is 0.346. The molecule has 0 bridgehead atoms. The van der Waals surface area contributed by atoms with Crippen LogP contribution >= 0.6 is 0 Å². The van der Waals surface area contributed by atoms with Crippen LogP contribution < -0.4 is 5.73 Å². The molecule has 1 atom stereocenters. The molecule has 0 spiro atoms. The van der Waals surface area contributed by atoms with Crippen molar-refractivity contribution in [2.75, 3.05) is 0 Å². The third-order valence-corrected chi connectivity index (χ3v) is 1.25. The summed E-state index contributed by atoms with van der Waals surface area (Å²) in [4.78, 5) is 3.97. The van der Waals surface area contributed by atoms with Crippen molar-refractivity contribution >= 4 is 0 Å². The fourth-order valence-corrected chi connectivity index (χ4v) is 0.667. The van der Waals surface area contributed by atoms with Gasteiger partial charge >= 0.3 is 0 Å². The maximum absolute atomic E-state index is 3.97. The second-order valence-corrected chi connectivity index (χ2v) is 2.19. The SMILES string of the molecule is C[C@H]([NH3+])c1cccnc1. The molecule has 9 heavy (non-hydrogen) atoms. The van der Waals surface area contributed by atoms with Gasteiger partial charge in [0.15, 0.2) is 0 Å². The van der Waals surface area contributed by atoms with Crippen molar-refractivity contribution in [3.8, 4) is 0 Å². The van der Waals surface area contributed by atoms with Gasteiger partial charge in [0.1, 0.15) is 6.04 Å². The van der Waals surface area contributed by atoms with Crippen LogP contribution in [-0.2, 0) is 0 Å². The fourth-order valence-electron chi connectivity index (χ4n) is 0.667. The molecule has 0 aliphatic carbocycles. The van der Waals surface area contributed by atoms with Gasteiger partial charge in [-0.1, -0.05) is 6.07 Å². The van der Waals surface area contributed by atoms with E-state index in [0.717, 1.165) is 0 Å². The molecule has 0 saturated heterocycles. The molecule has 0 aliphatic heterocycles. The number of pyridine rings is 1. The third kappa shape index (κ3) is 1.50. The topological polar surface area (TPSA) is 40.5 Å². The zero-order valence-corrected chi connectivity index (χ0v) is 5.54. The molecule has 1 aromatic rings. The largest absolute Gasteiger partial charge is 0.352 e. The maximum atomic E-state index is 3.97. The van der Waals surface area contributed by atoms with E-state index in [9.17, 15) is 0 Å². The Bertz CT molecular complexity index is 170. The second kappa shape index (κ2) is 2.60. The number of hydrogen-bond acceptors (Lipinski definition) is 1. The van der Waals surface area contributed by atoms with E-state index in [4.69, 9.17) is 0 Å². The van der Waals surface area contributed by atoms with E-state index in [-0.39, 0.29) is 0 Å². The van der Waals surface area contributed by atoms with Crippen LogP contribution in [0.25, 0.3) is 0 Å². The first kappa shape index (κ1) is 6.23. The standard InChI is InChI=1S/C7H10N2/c1-6(8)7-3-2-4-9-5-7/h2-6H,8H2,1H3/p+1/t6-/m0/s1. The van der Waals surface area contributed by atoms with Crippen LogP contribution in [0.5, 0.6) is 0 Å². The van der Waals surface area contributed by atoms with Crippen molar-refractivity contribution in [3.63, 3.8) is 0 Å². The van der Waals surface area contributed by atoms with E-state index in [1.165, 1.54) is 5.56 Å². The van der Waals surface area contributed by atoms with Gasteiger partial charge in [0, 0.05) is 18.0 Å². The highest BCUT2D eigenvalue weighted by Crippen LogP contribution is 2.02. The van der Waals surface area contributed by atoms with Crippen LogP contribution in [0.1, 0.15) is 18.5 Å². The van der Waals surface area contributed by atoms with Gasteiger partial charge in [-0.25, -0.2) is 0 Å². The van der Waals surface area contributed by atoms with Crippen molar-refractivity contribution in [1.29, 1.82) is 0 Å². The molecule has 1 heterocycles. The lowest BCUT2D eigenvalue weighted by Gasteiger charge is -1.97. The first-order valence-electron chi connectivity index (χ1n) is 3.03. The lowest BCUT2D eigenvalue weighted by molar-refractivity contribution is -0.420. The van der Waals surface area contributed by atoms with E-state index in [2.05, 4.69) is 17.6 Å². The summed E-state index contributed by atoms with van der Waals surface area (Å²) in [6.07, 6.45) is 3.61. The molecule has 1 rings (SSSR count). The van der Waals surface area contributed by atoms with Gasteiger partial charge in [-0.3, -0.25) is 4.98 Å². The Morgan fingerprint density at radius 1 is 1.67 bits per heavy atom. The summed E-state index contributed by atoms with van der Waals surface area (Å²) in [6.45, 7) is 2.05. The molecule has 48 valence electrons. The molecule has 0 amide bonds. The Morgan fingerprint density at radius 3 is 2.78 bits per heavy atom. The predicted molar refractivity (Wildman–Crippen MR) is 35.5 cm³/mol. The fraction of sp³-hybridized carbons (Fsp3) is 0.286. The van der Waals surface area contributed by atoms with Crippen LogP contribution in [0, 0.1) is 0 Å². The van der Waals surface area contributed by atoms with Gasteiger partial charge in [0.25, 0.3) is 0 Å². The predicted octanol–water partition coefficient (Wildman–Crippen LogP) is 0.384. The molecule has 2 heteroatoms. The van der Waals surface area contributed by atoms with Crippen molar-refractivity contribution in [2.45, 2.75) is 13.0 Å². The first-order valence-corrected chi connectivity index (χ1v) is 3.03. The number of rotatable bonds is 1. The number of nitrogens with zero attached hydrogens (tertiary/aromatic N) is 1. The lowest BCUT2D eigenvalue weighted by atomic mass is 10.2. The summed E-state index contributed by atoms with van der Waals surface area (Å²) >= 11 is 0. The zero-order valence-electron chi connectivity index (χ0n) is 5.54. The summed E-state index contributed by atoms with van der Waals surface area (Å²) in [5, 5.41) is 0. The molecule has 0 fully saturated rings. The average Bonchev–Trinajstić information content (AvgIpc) is 1.90. The summed E-state index contributed by atoms with van der Waals surface area (Å²) in [6, 6.07) is 4.31. The van der Waals surface area contributed by atoms with Crippen LogP contribution in [-0.4, -0.2) is 4.98 Å². The van der Waals surface area contributed by atoms with Crippen LogP contribution in [0.3, 0.4) is 0 Å². The summed E-state index contributed by atoms with van der Waals surface area (Å²) in [7, 11) is 0. The number of quaternary nitrogens is 1. The average molecular weight is 123 g/mol. The normalized spacial score (nSPS) is 13.1. The monoisotopic (exact) mass is 123 g/mol. The quantitative estimate of drug-likeness (QED) is 0.576. The van der Waals surface area contributed by atoms with Gasteiger partial charge < -0.3 is 5.73 Å². The molecule has 2 nitrogen and oxygen atoms in total. The van der Waals surface area contributed by atoms with Crippen molar-refractivity contribution in [1.82, 2.24) is 4.98 Å². The molecular formula is C7H11N2+. The van der Waals surface area contributed by atoms with Crippen molar-refractivity contribution in [2.24, 2.45) is 0 Å². The van der Waals surface area contributed by atoms with Gasteiger partial charge in [-0.05, 0) is 13.0 Å². The van der Waals surface area contributed by atoms with Gasteiger partial charge in [0.05, 0.1) is 0 Å². The summed E-state index contributed by atoms with van der Waals surface area (Å²) in [5.41, 5.74) is 5.06. The van der Waals surface area contributed by atoms with Crippen LogP contribution in [0.2, 0.25) is 0 Å². The molecule has 0 aromatic carbocycles. The highest BCUT2D eigenvalue weighted by molar-refractivity contribution is 5.09. The third-order valence-electron chi connectivity index (χ3n) is 1.25. The molecule has 0 saturated carbocycles. The van der Waals surface area contributed by atoms with E-state index >= 15 is 0 Å². The number of hydrogen-bond donors (Lipinski definition) is 1. The van der Waals surface area contributed by atoms with Gasteiger partial charge in [-0.15, -0.1) is 0 Å². The smallest absolute Gasteiger partial charge is 0.109 e. The minimum absolute atomic E-state index is 0.346. The van der Waals surface area contributed by atoms with Crippen LogP contribution in [0.15, 0.2) is 24.5 Å². The number of aromatic nitrogens is 1. The Morgan fingerprint density at radius 2 is 2.44 bits per heavy atom. The Kier molecular flexibility index (Phi) is 1.80. The highest BCUT2D eigenvalue weighted by atomic mass is 14.7. The van der Waals surface area contributed by atoms with E-state index < -0.39 is 0 Å². The molecule has 3 N–H and O–H groups in total. The second-order valence-electron chi connectivity index (χ2n) is 2.19. The van der Waals surface area contributed by atoms with Gasteiger partial charge in [-0.2, -0.15) is 0 Å². The van der Waals surface area contributed by atoms with E-state index in [0.29, 0.717) is 6.04 Å². The maximum Gasteiger partial charge on any atom is 0.109 e. The molecule has 0 unspecified atom stereocenters. The Labute approximate surface area is 54.7 Å². The Hall–Kier alpha value is -0.890. The molecule has 0 aliphatic rings. The summed E-state index contributed by atoms with van der Waals surface area (Å²) < 4.78 is 0. The first-order chi connectivity index (χ1) is 4.30. The minimum Gasteiger partial charge on any atom is -0.352 e. The summed E-state index contributed by atoms with van der Waals surface area (Å²) in [5.74, 6) is 0. The molecule has 0 radical (unpaired) electrons. The van der Waals surface area contributed by atoms with E-state index in [1.54, 1.807) is 6.20 Å². The Balaban J connectivity index is 2.85. The lowest BCUT2D eigenvalue weighted by Crippen LogP contribution is -2.51. The molecular weight excluding hydrogens is 112 g/mol.